The van der Waals surface area contributed by atoms with Gasteiger partial charge in [-0.2, -0.15) is 0 Å². The van der Waals surface area contributed by atoms with Crippen LogP contribution in [0.4, 0.5) is 0 Å². The number of hydrogen-bond acceptors (Lipinski definition) is 6. The first-order valence-corrected chi connectivity index (χ1v) is 12.5. The van der Waals surface area contributed by atoms with Crippen LogP contribution in [0.3, 0.4) is 0 Å². The Kier molecular flexibility index (Phi) is 9.90. The molecule has 0 aliphatic carbocycles. The summed E-state index contributed by atoms with van der Waals surface area (Å²) >= 11 is 10.2. The molecule has 0 amide bonds. The molecule has 0 aliphatic rings. The van der Waals surface area contributed by atoms with Crippen molar-refractivity contribution in [2.45, 2.75) is 90.0 Å². The SMILES string of the molecule is CCn1cc(O)n(C(C)(C)CCOCCCOCCC(C)(C)n2c(S)cn(CC)c2=S)c1=O. The van der Waals surface area contributed by atoms with Gasteiger partial charge in [-0.25, -0.2) is 4.79 Å². The van der Waals surface area contributed by atoms with Gasteiger partial charge < -0.3 is 23.7 Å². The van der Waals surface area contributed by atoms with Gasteiger partial charge in [0.05, 0.1) is 11.2 Å². The van der Waals surface area contributed by atoms with E-state index in [0.29, 0.717) is 39.4 Å². The number of ether oxygens (including phenoxy) is 2. The van der Waals surface area contributed by atoms with Gasteiger partial charge in [0, 0.05) is 56.8 Å². The zero-order chi connectivity index (χ0) is 24.8. The Morgan fingerprint density at radius 1 is 0.909 bits per heavy atom. The van der Waals surface area contributed by atoms with E-state index in [4.69, 9.17) is 21.7 Å². The maximum absolute atomic E-state index is 12.4. The van der Waals surface area contributed by atoms with Gasteiger partial charge in [-0.1, -0.05) is 0 Å². The van der Waals surface area contributed by atoms with Gasteiger partial charge >= 0.3 is 5.69 Å². The van der Waals surface area contributed by atoms with E-state index in [1.165, 1.54) is 15.3 Å². The first-order chi connectivity index (χ1) is 15.5. The van der Waals surface area contributed by atoms with E-state index in [2.05, 4.69) is 38.0 Å². The Hall–Kier alpha value is -1.49. The summed E-state index contributed by atoms with van der Waals surface area (Å²) in [5, 5.41) is 11.0. The van der Waals surface area contributed by atoms with E-state index in [0.717, 1.165) is 29.2 Å². The molecule has 0 atom stereocenters. The highest BCUT2D eigenvalue weighted by molar-refractivity contribution is 7.80. The molecule has 0 bridgehead atoms. The summed E-state index contributed by atoms with van der Waals surface area (Å²) in [5.41, 5.74) is -0.918. The first-order valence-electron chi connectivity index (χ1n) is 11.6. The third-order valence-electron chi connectivity index (χ3n) is 6.06. The number of aryl methyl sites for hydroxylation is 2. The van der Waals surface area contributed by atoms with Gasteiger partial charge in [0.15, 0.2) is 4.77 Å². The van der Waals surface area contributed by atoms with Crippen molar-refractivity contribution in [3.05, 3.63) is 27.6 Å². The van der Waals surface area contributed by atoms with Crippen molar-refractivity contribution in [3.8, 4) is 5.88 Å². The minimum Gasteiger partial charge on any atom is -0.493 e. The Balaban J connectivity index is 1.68. The van der Waals surface area contributed by atoms with Crippen LogP contribution in [-0.2, 0) is 33.6 Å². The highest BCUT2D eigenvalue weighted by Gasteiger charge is 2.27. The number of aromatic hydroxyl groups is 1. The summed E-state index contributed by atoms with van der Waals surface area (Å²) in [6.45, 7) is 15.8. The third-order valence-corrected chi connectivity index (χ3v) is 6.79. The van der Waals surface area contributed by atoms with Crippen molar-refractivity contribution < 1.29 is 14.6 Å². The second-order valence-electron chi connectivity index (χ2n) is 9.49. The van der Waals surface area contributed by atoms with Crippen LogP contribution in [0.2, 0.25) is 0 Å². The van der Waals surface area contributed by atoms with Crippen molar-refractivity contribution in [2.24, 2.45) is 0 Å². The molecule has 33 heavy (non-hydrogen) atoms. The van der Waals surface area contributed by atoms with Crippen LogP contribution in [0, 0.1) is 4.77 Å². The number of nitrogens with zero attached hydrogens (tertiary/aromatic N) is 4. The van der Waals surface area contributed by atoms with Crippen LogP contribution < -0.4 is 5.69 Å². The maximum Gasteiger partial charge on any atom is 0.331 e. The van der Waals surface area contributed by atoms with Crippen LogP contribution in [0.25, 0.3) is 0 Å². The number of imidazole rings is 2. The average Bonchev–Trinajstić information content (AvgIpc) is 3.20. The average molecular weight is 501 g/mol. The molecule has 10 heteroatoms. The topological polar surface area (TPSA) is 75.5 Å². The molecular weight excluding hydrogens is 460 g/mol. The van der Waals surface area contributed by atoms with Crippen molar-refractivity contribution in [3.63, 3.8) is 0 Å². The van der Waals surface area contributed by atoms with Crippen LogP contribution in [0.1, 0.15) is 60.8 Å². The zero-order valence-corrected chi connectivity index (χ0v) is 22.5. The Labute approximate surface area is 207 Å². The van der Waals surface area contributed by atoms with E-state index in [9.17, 15) is 9.90 Å². The molecule has 0 spiro atoms. The number of aromatic nitrogens is 4. The molecule has 0 radical (unpaired) electrons. The van der Waals surface area contributed by atoms with Gasteiger partial charge in [0.1, 0.15) is 0 Å². The lowest BCUT2D eigenvalue weighted by Crippen LogP contribution is -2.37. The number of rotatable bonds is 14. The van der Waals surface area contributed by atoms with Crippen LogP contribution in [0.15, 0.2) is 22.2 Å². The molecule has 2 aromatic heterocycles. The lowest BCUT2D eigenvalue weighted by molar-refractivity contribution is 0.0609. The zero-order valence-electron chi connectivity index (χ0n) is 20.8. The van der Waals surface area contributed by atoms with Crippen molar-refractivity contribution in [1.82, 2.24) is 18.3 Å². The molecule has 2 heterocycles. The van der Waals surface area contributed by atoms with E-state index in [1.807, 2.05) is 31.5 Å². The first kappa shape index (κ1) is 27.8. The van der Waals surface area contributed by atoms with Gasteiger partial charge in [-0.3, -0.25) is 9.13 Å². The summed E-state index contributed by atoms with van der Waals surface area (Å²) < 4.78 is 19.4. The molecule has 0 saturated heterocycles. The van der Waals surface area contributed by atoms with E-state index in [-0.39, 0.29) is 17.1 Å². The second kappa shape index (κ2) is 11.8. The lowest BCUT2D eigenvalue weighted by Gasteiger charge is -2.28. The van der Waals surface area contributed by atoms with Gasteiger partial charge in [0.2, 0.25) is 5.88 Å². The minimum absolute atomic E-state index is 0.0132. The van der Waals surface area contributed by atoms with Crippen LogP contribution >= 0.6 is 24.8 Å². The summed E-state index contributed by atoms with van der Waals surface area (Å²) in [6, 6.07) is 0. The molecule has 0 aliphatic heterocycles. The smallest absolute Gasteiger partial charge is 0.331 e. The van der Waals surface area contributed by atoms with E-state index in [1.54, 1.807) is 0 Å². The summed E-state index contributed by atoms with van der Waals surface area (Å²) in [6.07, 6.45) is 5.69. The lowest BCUT2D eigenvalue weighted by atomic mass is 10.0. The molecular formula is C23H40N4O4S2. The van der Waals surface area contributed by atoms with E-state index >= 15 is 0 Å². The largest absolute Gasteiger partial charge is 0.493 e. The molecule has 2 rings (SSSR count). The Morgan fingerprint density at radius 2 is 1.42 bits per heavy atom. The van der Waals surface area contributed by atoms with Gasteiger partial charge in [-0.15, -0.1) is 12.6 Å². The van der Waals surface area contributed by atoms with Gasteiger partial charge in [0.25, 0.3) is 0 Å². The summed E-state index contributed by atoms with van der Waals surface area (Å²) in [5.74, 6) is -0.0132. The molecule has 0 unspecified atom stereocenters. The standard InChI is InChI=1S/C23H40N4O4S2/c1-7-24-16-18(28)26(20(24)29)22(3,4)10-14-30-12-9-13-31-15-11-23(5,6)27-19(32)17-25(8-2)21(27)33/h16-17,28,32H,7-15H2,1-6H3. The minimum atomic E-state index is -0.534. The van der Waals surface area contributed by atoms with Crippen LogP contribution in [0.5, 0.6) is 5.88 Å². The monoisotopic (exact) mass is 500 g/mol. The Morgan fingerprint density at radius 3 is 1.88 bits per heavy atom. The predicted molar refractivity (Wildman–Crippen MR) is 136 cm³/mol. The summed E-state index contributed by atoms with van der Waals surface area (Å²) in [7, 11) is 0. The quantitative estimate of drug-likeness (QED) is 0.229. The molecule has 0 saturated carbocycles. The third kappa shape index (κ3) is 6.77. The number of hydrogen-bond donors (Lipinski definition) is 2. The highest BCUT2D eigenvalue weighted by Crippen LogP contribution is 2.26. The maximum atomic E-state index is 12.4. The molecule has 0 fully saturated rings. The normalized spacial score (nSPS) is 12.6. The number of thiol groups is 1. The predicted octanol–water partition coefficient (Wildman–Crippen LogP) is 4.39. The second-order valence-corrected chi connectivity index (χ2v) is 10.3. The fourth-order valence-electron chi connectivity index (χ4n) is 3.88. The fourth-order valence-corrected chi connectivity index (χ4v) is 4.98. The highest BCUT2D eigenvalue weighted by atomic mass is 32.1. The van der Waals surface area contributed by atoms with Crippen molar-refractivity contribution in [2.75, 3.05) is 26.4 Å². The van der Waals surface area contributed by atoms with Crippen molar-refractivity contribution in [1.29, 1.82) is 0 Å². The van der Waals surface area contributed by atoms with E-state index < -0.39 is 5.54 Å². The summed E-state index contributed by atoms with van der Waals surface area (Å²) in [4.78, 5) is 12.4. The Bertz CT molecular complexity index is 937. The molecule has 2 aromatic rings. The fraction of sp³-hybridized carbons (Fsp3) is 0.739. The molecule has 188 valence electrons. The molecule has 1 N–H and O–H groups in total. The van der Waals surface area contributed by atoms with Gasteiger partial charge in [-0.05, 0) is 73.0 Å². The van der Waals surface area contributed by atoms with Crippen LogP contribution in [-0.4, -0.2) is 49.8 Å². The molecule has 0 aromatic carbocycles. The van der Waals surface area contributed by atoms with Crippen molar-refractivity contribution >= 4 is 24.8 Å². The molecule has 8 nitrogen and oxygen atoms in total.